The lowest BCUT2D eigenvalue weighted by Gasteiger charge is -2.37. The van der Waals surface area contributed by atoms with Gasteiger partial charge in [0.2, 0.25) is 5.13 Å². The standard InChI is InChI=1S/C25H30N4O3S/c1-5-21-28-29-24(33-21)27-20(30)14-32-23(31)22-16-9-7-8-10-18(16)26-19-12-11-15(13-17(19)22)25(3,4)6-2/h7-10,15H,5-6,11-14H2,1-4H3,(H,27,29,30). The number of rotatable bonds is 7. The molecule has 174 valence electrons. The molecule has 33 heavy (non-hydrogen) atoms. The number of hydrogen-bond donors (Lipinski definition) is 1. The smallest absolute Gasteiger partial charge is 0.339 e. The van der Waals surface area contributed by atoms with E-state index in [2.05, 4.69) is 36.3 Å². The van der Waals surface area contributed by atoms with Gasteiger partial charge in [0, 0.05) is 11.1 Å². The number of fused-ring (bicyclic) bond motifs is 2. The van der Waals surface area contributed by atoms with Crippen LogP contribution in [0.15, 0.2) is 24.3 Å². The highest BCUT2D eigenvalue weighted by atomic mass is 32.1. The number of carbonyl (C=O) groups excluding carboxylic acids is 2. The first-order valence-corrected chi connectivity index (χ1v) is 12.3. The molecular weight excluding hydrogens is 436 g/mol. The van der Waals surface area contributed by atoms with Gasteiger partial charge in [-0.3, -0.25) is 15.1 Å². The quantitative estimate of drug-likeness (QED) is 0.493. The van der Waals surface area contributed by atoms with Gasteiger partial charge in [-0.25, -0.2) is 4.79 Å². The predicted molar refractivity (Wildman–Crippen MR) is 130 cm³/mol. The summed E-state index contributed by atoms with van der Waals surface area (Å²) in [6.07, 6.45) is 4.50. The molecule has 1 aliphatic carbocycles. The van der Waals surface area contributed by atoms with Crippen molar-refractivity contribution in [2.75, 3.05) is 11.9 Å². The Morgan fingerprint density at radius 1 is 1.21 bits per heavy atom. The zero-order valence-electron chi connectivity index (χ0n) is 19.6. The third kappa shape index (κ3) is 4.90. The van der Waals surface area contributed by atoms with Crippen molar-refractivity contribution in [3.63, 3.8) is 0 Å². The van der Waals surface area contributed by atoms with E-state index in [9.17, 15) is 9.59 Å². The molecule has 2 heterocycles. The van der Waals surface area contributed by atoms with Gasteiger partial charge in [0.05, 0.1) is 11.1 Å². The van der Waals surface area contributed by atoms with Crippen molar-refractivity contribution in [2.45, 2.75) is 59.8 Å². The Labute approximate surface area is 198 Å². The molecule has 0 fully saturated rings. The Balaban J connectivity index is 1.58. The van der Waals surface area contributed by atoms with Gasteiger partial charge < -0.3 is 4.74 Å². The number of anilines is 1. The molecule has 1 atom stereocenters. The Bertz CT molecular complexity index is 1190. The fourth-order valence-corrected chi connectivity index (χ4v) is 5.08. The van der Waals surface area contributed by atoms with Crippen LogP contribution in [0.4, 0.5) is 5.13 Å². The summed E-state index contributed by atoms with van der Waals surface area (Å²) in [7, 11) is 0. The van der Waals surface area contributed by atoms with Gasteiger partial charge in [0.1, 0.15) is 5.01 Å². The molecule has 1 aliphatic rings. The largest absolute Gasteiger partial charge is 0.452 e. The highest BCUT2D eigenvalue weighted by molar-refractivity contribution is 7.15. The molecule has 0 spiro atoms. The van der Waals surface area contributed by atoms with E-state index < -0.39 is 11.9 Å². The molecule has 0 radical (unpaired) electrons. The number of para-hydroxylation sites is 1. The summed E-state index contributed by atoms with van der Waals surface area (Å²) in [5.74, 6) is -0.459. The number of nitrogens with zero attached hydrogens (tertiary/aromatic N) is 3. The van der Waals surface area contributed by atoms with E-state index in [1.54, 1.807) is 0 Å². The van der Waals surface area contributed by atoms with Crippen LogP contribution in [0, 0.1) is 11.3 Å². The summed E-state index contributed by atoms with van der Waals surface area (Å²) in [6, 6.07) is 7.64. The minimum Gasteiger partial charge on any atom is -0.452 e. The number of pyridine rings is 1. The summed E-state index contributed by atoms with van der Waals surface area (Å²) in [6.45, 7) is 8.38. The second kappa shape index (κ2) is 9.55. The third-order valence-corrected chi connectivity index (χ3v) is 7.81. The van der Waals surface area contributed by atoms with Crippen LogP contribution in [0.5, 0.6) is 0 Å². The van der Waals surface area contributed by atoms with Gasteiger partial charge in [0.25, 0.3) is 5.91 Å². The van der Waals surface area contributed by atoms with Crippen LogP contribution in [-0.2, 0) is 28.8 Å². The van der Waals surface area contributed by atoms with E-state index in [1.807, 2.05) is 31.2 Å². The van der Waals surface area contributed by atoms with Crippen LogP contribution in [0.25, 0.3) is 10.9 Å². The lowest BCUT2D eigenvalue weighted by molar-refractivity contribution is -0.119. The number of ether oxygens (including phenoxy) is 1. The molecule has 0 saturated carbocycles. The number of aromatic nitrogens is 3. The number of benzene rings is 1. The van der Waals surface area contributed by atoms with Crippen LogP contribution in [0.3, 0.4) is 0 Å². The molecule has 0 saturated heterocycles. The Morgan fingerprint density at radius 2 is 2.00 bits per heavy atom. The summed E-state index contributed by atoms with van der Waals surface area (Å²) in [5, 5.41) is 12.6. The minimum atomic E-state index is -0.485. The lowest BCUT2D eigenvalue weighted by Crippen LogP contribution is -2.31. The molecule has 1 aromatic carbocycles. The number of nitrogens with one attached hydrogen (secondary N) is 1. The van der Waals surface area contributed by atoms with E-state index in [4.69, 9.17) is 9.72 Å². The molecule has 3 aromatic rings. The number of esters is 1. The first-order chi connectivity index (χ1) is 15.8. The summed E-state index contributed by atoms with van der Waals surface area (Å²) in [5.41, 5.74) is 3.43. The van der Waals surface area contributed by atoms with Gasteiger partial charge in [0.15, 0.2) is 6.61 Å². The molecule has 1 N–H and O–H groups in total. The van der Waals surface area contributed by atoms with Crippen molar-refractivity contribution in [2.24, 2.45) is 11.3 Å². The average molecular weight is 467 g/mol. The fraction of sp³-hybridized carbons (Fsp3) is 0.480. The van der Waals surface area contributed by atoms with E-state index >= 15 is 0 Å². The van der Waals surface area contributed by atoms with Crippen molar-refractivity contribution in [1.29, 1.82) is 0 Å². The second-order valence-electron chi connectivity index (χ2n) is 9.19. The molecule has 1 amide bonds. The molecule has 0 bridgehead atoms. The third-order valence-electron chi connectivity index (χ3n) is 6.83. The summed E-state index contributed by atoms with van der Waals surface area (Å²) >= 11 is 1.31. The highest BCUT2D eigenvalue weighted by Gasteiger charge is 2.34. The molecule has 1 unspecified atom stereocenters. The van der Waals surface area contributed by atoms with Crippen molar-refractivity contribution >= 4 is 39.2 Å². The van der Waals surface area contributed by atoms with Crippen molar-refractivity contribution in [1.82, 2.24) is 15.2 Å². The van der Waals surface area contributed by atoms with E-state index in [1.165, 1.54) is 11.3 Å². The number of hydrogen-bond acceptors (Lipinski definition) is 7. The summed E-state index contributed by atoms with van der Waals surface area (Å²) < 4.78 is 5.49. The monoisotopic (exact) mass is 466 g/mol. The van der Waals surface area contributed by atoms with Gasteiger partial charge in [-0.2, -0.15) is 0 Å². The minimum absolute atomic E-state index is 0.170. The molecule has 0 aliphatic heterocycles. The molecular formula is C25H30N4O3S. The number of aryl methyl sites for hydroxylation is 2. The van der Waals surface area contributed by atoms with Gasteiger partial charge in [-0.15, -0.1) is 10.2 Å². The van der Waals surface area contributed by atoms with Crippen molar-refractivity contribution < 1.29 is 14.3 Å². The number of amides is 1. The van der Waals surface area contributed by atoms with Crippen LogP contribution >= 0.6 is 11.3 Å². The first-order valence-electron chi connectivity index (χ1n) is 11.5. The SMILES string of the molecule is CCc1nnc(NC(=O)COC(=O)c2c3c(nc4ccccc24)CCC(C(C)(C)CC)C3)s1. The van der Waals surface area contributed by atoms with Crippen LogP contribution < -0.4 is 5.32 Å². The Hall–Kier alpha value is -2.87. The van der Waals surface area contributed by atoms with Gasteiger partial charge in [-0.05, 0) is 48.6 Å². The Morgan fingerprint density at radius 3 is 2.73 bits per heavy atom. The summed E-state index contributed by atoms with van der Waals surface area (Å²) in [4.78, 5) is 30.5. The molecule has 2 aromatic heterocycles. The van der Waals surface area contributed by atoms with E-state index in [0.29, 0.717) is 16.6 Å². The van der Waals surface area contributed by atoms with Crippen LogP contribution in [0.1, 0.15) is 67.2 Å². The van der Waals surface area contributed by atoms with Crippen LogP contribution in [0.2, 0.25) is 0 Å². The van der Waals surface area contributed by atoms with Crippen molar-refractivity contribution in [3.8, 4) is 0 Å². The lowest BCUT2D eigenvalue weighted by atomic mass is 9.68. The molecule has 7 nitrogen and oxygen atoms in total. The molecule has 8 heteroatoms. The second-order valence-corrected chi connectivity index (χ2v) is 10.3. The average Bonchev–Trinajstić information content (AvgIpc) is 3.28. The Kier molecular flexibility index (Phi) is 6.74. The van der Waals surface area contributed by atoms with Gasteiger partial charge >= 0.3 is 5.97 Å². The molecule has 4 rings (SSSR count). The number of carbonyl (C=O) groups is 2. The fourth-order valence-electron chi connectivity index (χ4n) is 4.38. The maximum absolute atomic E-state index is 13.3. The predicted octanol–water partition coefficient (Wildman–Crippen LogP) is 4.99. The highest BCUT2D eigenvalue weighted by Crippen LogP contribution is 2.41. The topological polar surface area (TPSA) is 94.1 Å². The van der Waals surface area contributed by atoms with E-state index in [0.717, 1.165) is 59.3 Å². The van der Waals surface area contributed by atoms with Crippen molar-refractivity contribution in [3.05, 3.63) is 46.1 Å². The van der Waals surface area contributed by atoms with E-state index in [-0.39, 0.29) is 12.0 Å². The maximum atomic E-state index is 13.3. The normalized spacial score (nSPS) is 15.8. The van der Waals surface area contributed by atoms with Crippen LogP contribution in [-0.4, -0.2) is 33.7 Å². The zero-order valence-corrected chi connectivity index (χ0v) is 20.4. The zero-order chi connectivity index (χ0) is 23.6. The first kappa shape index (κ1) is 23.3. The van der Waals surface area contributed by atoms with Gasteiger partial charge in [-0.1, -0.05) is 63.7 Å². The maximum Gasteiger partial charge on any atom is 0.339 e.